The smallest absolute Gasteiger partial charge is 0.225 e. The fourth-order valence-corrected chi connectivity index (χ4v) is 5.63. The van der Waals surface area contributed by atoms with Crippen molar-refractivity contribution >= 4 is 5.95 Å². The fraction of sp³-hybridized carbons (Fsp3) is 0.609. The van der Waals surface area contributed by atoms with E-state index in [0.717, 1.165) is 62.8 Å². The van der Waals surface area contributed by atoms with Crippen molar-refractivity contribution in [1.29, 1.82) is 0 Å². The zero-order valence-electron chi connectivity index (χ0n) is 17.1. The SMILES string of the molecule is OC1(c2ccccn2)C2CCCC1CN(Cc1cnc(N3CCCCC3)nc1)C2. The summed E-state index contributed by atoms with van der Waals surface area (Å²) in [5, 5.41) is 11.7. The van der Waals surface area contributed by atoms with Gasteiger partial charge in [-0.3, -0.25) is 9.88 Å². The van der Waals surface area contributed by atoms with Crippen molar-refractivity contribution < 1.29 is 5.11 Å². The van der Waals surface area contributed by atoms with Gasteiger partial charge in [0.05, 0.1) is 5.69 Å². The molecule has 6 heteroatoms. The van der Waals surface area contributed by atoms with Gasteiger partial charge >= 0.3 is 0 Å². The van der Waals surface area contributed by atoms with Crippen LogP contribution >= 0.6 is 0 Å². The lowest BCUT2D eigenvalue weighted by Gasteiger charge is -2.52. The topological polar surface area (TPSA) is 65.4 Å². The van der Waals surface area contributed by atoms with Gasteiger partial charge in [-0.2, -0.15) is 0 Å². The summed E-state index contributed by atoms with van der Waals surface area (Å²) in [4.78, 5) is 18.6. The van der Waals surface area contributed by atoms with Crippen molar-refractivity contribution in [2.24, 2.45) is 11.8 Å². The Hall–Kier alpha value is -2.05. The van der Waals surface area contributed by atoms with E-state index in [-0.39, 0.29) is 11.8 Å². The number of fused-ring (bicyclic) bond motifs is 2. The predicted octanol–water partition coefficient (Wildman–Crippen LogP) is 2.98. The molecule has 2 aromatic heterocycles. The lowest BCUT2D eigenvalue weighted by atomic mass is 9.64. The molecule has 154 valence electrons. The van der Waals surface area contributed by atoms with Crippen LogP contribution in [0.15, 0.2) is 36.8 Å². The molecule has 2 aromatic rings. The Morgan fingerprint density at radius 1 is 0.931 bits per heavy atom. The molecule has 29 heavy (non-hydrogen) atoms. The molecular formula is C23H31N5O. The molecule has 3 aliphatic rings. The summed E-state index contributed by atoms with van der Waals surface area (Å²) in [6, 6.07) is 5.91. The van der Waals surface area contributed by atoms with Gasteiger partial charge in [0, 0.05) is 68.7 Å². The number of nitrogens with zero attached hydrogens (tertiary/aromatic N) is 5. The zero-order valence-corrected chi connectivity index (χ0v) is 17.1. The molecule has 0 spiro atoms. The van der Waals surface area contributed by atoms with Crippen LogP contribution in [0, 0.1) is 11.8 Å². The Balaban J connectivity index is 1.28. The highest BCUT2D eigenvalue weighted by molar-refractivity contribution is 5.30. The first kappa shape index (κ1) is 18.9. The van der Waals surface area contributed by atoms with Crippen molar-refractivity contribution in [3.8, 4) is 0 Å². The molecule has 0 radical (unpaired) electrons. The molecule has 2 bridgehead atoms. The Labute approximate surface area is 173 Å². The van der Waals surface area contributed by atoms with Crippen molar-refractivity contribution in [2.45, 2.75) is 50.7 Å². The molecule has 6 nitrogen and oxygen atoms in total. The molecule has 3 fully saturated rings. The zero-order chi connectivity index (χ0) is 19.7. The lowest BCUT2D eigenvalue weighted by Crippen LogP contribution is -2.58. The predicted molar refractivity (Wildman–Crippen MR) is 112 cm³/mol. The Bertz CT molecular complexity index is 792. The highest BCUT2D eigenvalue weighted by atomic mass is 16.3. The maximum Gasteiger partial charge on any atom is 0.225 e. The van der Waals surface area contributed by atoms with E-state index in [4.69, 9.17) is 0 Å². The molecule has 2 atom stereocenters. The summed E-state index contributed by atoms with van der Waals surface area (Å²) >= 11 is 0. The summed E-state index contributed by atoms with van der Waals surface area (Å²) in [5.41, 5.74) is 1.22. The highest BCUT2D eigenvalue weighted by Gasteiger charge is 2.52. The second kappa shape index (κ2) is 8.00. The van der Waals surface area contributed by atoms with Gasteiger partial charge in [0.1, 0.15) is 5.60 Å². The molecule has 1 N–H and O–H groups in total. The first-order valence-corrected chi connectivity index (χ1v) is 11.2. The van der Waals surface area contributed by atoms with Crippen molar-refractivity contribution in [1.82, 2.24) is 19.9 Å². The number of aromatic nitrogens is 3. The van der Waals surface area contributed by atoms with Crippen molar-refractivity contribution in [3.05, 3.63) is 48.0 Å². The largest absolute Gasteiger partial charge is 0.383 e. The molecule has 2 unspecified atom stereocenters. The molecule has 2 saturated heterocycles. The number of hydrogen-bond donors (Lipinski definition) is 1. The number of rotatable bonds is 4. The molecular weight excluding hydrogens is 362 g/mol. The molecule has 4 heterocycles. The summed E-state index contributed by atoms with van der Waals surface area (Å²) < 4.78 is 0. The van der Waals surface area contributed by atoms with Crippen LogP contribution in [0.2, 0.25) is 0 Å². The summed E-state index contributed by atoms with van der Waals surface area (Å²) in [5.74, 6) is 1.34. The minimum absolute atomic E-state index is 0.235. The number of pyridine rings is 1. The van der Waals surface area contributed by atoms with Crippen LogP contribution in [-0.2, 0) is 12.1 Å². The number of hydrogen-bond acceptors (Lipinski definition) is 6. The van der Waals surface area contributed by atoms with Gasteiger partial charge in [-0.25, -0.2) is 9.97 Å². The second-order valence-electron chi connectivity index (χ2n) is 9.00. The third-order valence-electron chi connectivity index (χ3n) is 7.12. The van der Waals surface area contributed by atoms with E-state index < -0.39 is 5.60 Å². The van der Waals surface area contributed by atoms with Gasteiger partial charge in [-0.15, -0.1) is 0 Å². The number of piperidine rings is 2. The van der Waals surface area contributed by atoms with Crippen LogP contribution in [0.5, 0.6) is 0 Å². The standard InChI is InChI=1S/C23H31N5O/c29-23(21-9-2-3-10-24-21)19-7-6-8-20(23)17-27(16-19)15-18-13-25-22(26-14-18)28-11-4-1-5-12-28/h2-3,9-10,13-14,19-20,29H,1,4-8,11-12,15-17H2. The quantitative estimate of drug-likeness (QED) is 0.862. The first-order valence-electron chi connectivity index (χ1n) is 11.2. The van der Waals surface area contributed by atoms with Gasteiger partial charge in [0.15, 0.2) is 0 Å². The van der Waals surface area contributed by atoms with E-state index in [1.54, 1.807) is 6.20 Å². The maximum atomic E-state index is 11.7. The van der Waals surface area contributed by atoms with Crippen LogP contribution in [0.3, 0.4) is 0 Å². The van der Waals surface area contributed by atoms with E-state index in [9.17, 15) is 5.11 Å². The second-order valence-corrected chi connectivity index (χ2v) is 9.00. The molecule has 1 aliphatic carbocycles. The van der Waals surface area contributed by atoms with Gasteiger partial charge in [-0.05, 0) is 44.2 Å². The van der Waals surface area contributed by atoms with Crippen LogP contribution in [0.1, 0.15) is 49.8 Å². The fourth-order valence-electron chi connectivity index (χ4n) is 5.63. The summed E-state index contributed by atoms with van der Waals surface area (Å²) in [6.07, 6.45) is 12.9. The summed E-state index contributed by atoms with van der Waals surface area (Å²) in [7, 11) is 0. The van der Waals surface area contributed by atoms with Crippen LogP contribution in [0.4, 0.5) is 5.95 Å². The van der Waals surface area contributed by atoms with E-state index in [1.165, 1.54) is 25.7 Å². The summed E-state index contributed by atoms with van der Waals surface area (Å²) in [6.45, 7) is 4.79. The molecule has 0 amide bonds. The van der Waals surface area contributed by atoms with E-state index in [1.807, 2.05) is 30.6 Å². The minimum atomic E-state index is -0.787. The van der Waals surface area contributed by atoms with Gasteiger partial charge in [0.2, 0.25) is 5.95 Å². The Kier molecular flexibility index (Phi) is 5.22. The van der Waals surface area contributed by atoms with Gasteiger partial charge in [0.25, 0.3) is 0 Å². The van der Waals surface area contributed by atoms with Crippen LogP contribution in [0.25, 0.3) is 0 Å². The van der Waals surface area contributed by atoms with Gasteiger partial charge in [-0.1, -0.05) is 12.5 Å². The maximum absolute atomic E-state index is 11.7. The molecule has 1 saturated carbocycles. The number of likely N-dealkylation sites (tertiary alicyclic amines) is 1. The van der Waals surface area contributed by atoms with E-state index >= 15 is 0 Å². The number of anilines is 1. The monoisotopic (exact) mass is 393 g/mol. The highest BCUT2D eigenvalue weighted by Crippen LogP contribution is 2.48. The molecule has 5 rings (SSSR count). The van der Waals surface area contributed by atoms with E-state index in [2.05, 4.69) is 24.8 Å². The third-order valence-corrected chi connectivity index (χ3v) is 7.12. The van der Waals surface area contributed by atoms with Gasteiger partial charge < -0.3 is 10.0 Å². The third kappa shape index (κ3) is 3.64. The average molecular weight is 394 g/mol. The lowest BCUT2D eigenvalue weighted by molar-refractivity contribution is -0.151. The average Bonchev–Trinajstić information content (AvgIpc) is 2.76. The van der Waals surface area contributed by atoms with Crippen LogP contribution < -0.4 is 4.90 Å². The van der Waals surface area contributed by atoms with Crippen molar-refractivity contribution in [2.75, 3.05) is 31.1 Å². The van der Waals surface area contributed by atoms with E-state index in [0.29, 0.717) is 0 Å². The molecule has 0 aromatic carbocycles. The first-order chi connectivity index (χ1) is 14.2. The Morgan fingerprint density at radius 3 is 2.31 bits per heavy atom. The minimum Gasteiger partial charge on any atom is -0.383 e. The Morgan fingerprint density at radius 2 is 1.66 bits per heavy atom. The number of aliphatic hydroxyl groups is 1. The normalized spacial score (nSPS) is 30.3. The van der Waals surface area contributed by atoms with Crippen LogP contribution in [-0.4, -0.2) is 51.1 Å². The molecule has 2 aliphatic heterocycles. The van der Waals surface area contributed by atoms with Crippen molar-refractivity contribution in [3.63, 3.8) is 0 Å².